The molecule has 31 heavy (non-hydrogen) atoms. The third-order valence-electron chi connectivity index (χ3n) is 5.37. The quantitative estimate of drug-likeness (QED) is 0.396. The summed E-state index contributed by atoms with van der Waals surface area (Å²) >= 11 is 0. The number of aromatic amines is 1. The molecule has 6 rings (SSSR count). The molecule has 0 spiro atoms. The lowest BCUT2D eigenvalue weighted by Crippen LogP contribution is -2.32. The Morgan fingerprint density at radius 3 is 2.55 bits per heavy atom. The second-order valence-corrected chi connectivity index (χ2v) is 7.32. The molecule has 1 atom stereocenters. The highest BCUT2D eigenvalue weighted by Crippen LogP contribution is 2.36. The molecule has 3 heterocycles. The minimum absolute atomic E-state index is 0.167. The molecule has 3 aromatic carbocycles. The van der Waals surface area contributed by atoms with Crippen molar-refractivity contribution in [2.45, 2.75) is 6.04 Å². The van der Waals surface area contributed by atoms with E-state index in [2.05, 4.69) is 20.6 Å². The Kier molecular flexibility index (Phi) is 3.86. The lowest BCUT2D eigenvalue weighted by Gasteiger charge is -2.25. The summed E-state index contributed by atoms with van der Waals surface area (Å²) in [5.41, 5.74) is 4.25. The number of hydrogen-bond acceptors (Lipinski definition) is 6. The van der Waals surface area contributed by atoms with Crippen LogP contribution in [0.15, 0.2) is 93.1 Å². The number of aromatic nitrogens is 2. The van der Waals surface area contributed by atoms with Crippen LogP contribution in [0.1, 0.15) is 17.2 Å². The second-order valence-electron chi connectivity index (χ2n) is 7.32. The number of aliphatic imine (C=N–C) groups is 1. The van der Waals surface area contributed by atoms with Gasteiger partial charge in [-0.25, -0.2) is 4.99 Å². The van der Waals surface area contributed by atoms with E-state index in [1.54, 1.807) is 0 Å². The van der Waals surface area contributed by atoms with Crippen LogP contribution in [0.3, 0.4) is 0 Å². The molecule has 0 amide bonds. The SMILES string of the molecule is O=c1[nH]c2ccccc2c2c1[C@@H](c1ccccc1)N=C(Nc1nc3ccccc3o1)N2. The van der Waals surface area contributed by atoms with Gasteiger partial charge in [-0.15, -0.1) is 0 Å². The summed E-state index contributed by atoms with van der Waals surface area (Å²) in [6, 6.07) is 24.9. The van der Waals surface area contributed by atoms with Crippen LogP contribution in [-0.4, -0.2) is 15.9 Å². The standard InChI is InChI=1S/C24H17N5O2/c30-22-19-20(14-8-2-1-3-9-14)27-23(28-21(19)15-10-4-5-11-16(15)25-22)29-24-26-17-12-6-7-13-18(17)31-24/h1-13,20H,(H,25,30)(H2,26,27,28,29)/t20-/m1/s1. The van der Waals surface area contributed by atoms with Crippen molar-refractivity contribution in [3.05, 3.63) is 100 Å². The number of para-hydroxylation sites is 3. The number of hydrogen-bond donors (Lipinski definition) is 3. The smallest absolute Gasteiger partial charge is 0.302 e. The Hall–Kier alpha value is -4.39. The number of rotatable bonds is 2. The third kappa shape index (κ3) is 2.95. The fraction of sp³-hybridized carbons (Fsp3) is 0.0417. The van der Waals surface area contributed by atoms with Gasteiger partial charge in [-0.05, 0) is 23.8 Å². The molecule has 3 N–H and O–H groups in total. The monoisotopic (exact) mass is 407 g/mol. The molecule has 0 saturated heterocycles. The lowest BCUT2D eigenvalue weighted by molar-refractivity contribution is 0.624. The number of H-pyrrole nitrogens is 1. The van der Waals surface area contributed by atoms with E-state index in [-0.39, 0.29) is 5.56 Å². The van der Waals surface area contributed by atoms with Gasteiger partial charge >= 0.3 is 6.01 Å². The zero-order valence-corrected chi connectivity index (χ0v) is 16.3. The molecule has 0 fully saturated rings. The topological polar surface area (TPSA) is 95.3 Å². The first-order chi connectivity index (χ1) is 15.3. The van der Waals surface area contributed by atoms with Gasteiger partial charge in [-0.2, -0.15) is 4.98 Å². The lowest BCUT2D eigenvalue weighted by atomic mass is 9.96. The molecule has 2 aromatic heterocycles. The van der Waals surface area contributed by atoms with Gasteiger partial charge in [0.15, 0.2) is 5.58 Å². The van der Waals surface area contributed by atoms with Crippen molar-refractivity contribution >= 4 is 39.7 Å². The number of oxazole rings is 1. The number of nitrogens with zero attached hydrogens (tertiary/aromatic N) is 2. The summed E-state index contributed by atoms with van der Waals surface area (Å²) in [7, 11) is 0. The summed E-state index contributed by atoms with van der Waals surface area (Å²) in [5, 5.41) is 7.34. The summed E-state index contributed by atoms with van der Waals surface area (Å²) in [6.07, 6.45) is 0. The minimum atomic E-state index is -0.474. The highest BCUT2D eigenvalue weighted by molar-refractivity contribution is 6.10. The third-order valence-corrected chi connectivity index (χ3v) is 5.37. The van der Waals surface area contributed by atoms with Gasteiger partial charge in [0.25, 0.3) is 5.56 Å². The van der Waals surface area contributed by atoms with Crippen LogP contribution in [-0.2, 0) is 0 Å². The van der Waals surface area contributed by atoms with Crippen molar-refractivity contribution in [2.24, 2.45) is 4.99 Å². The molecular formula is C24H17N5O2. The Morgan fingerprint density at radius 1 is 0.903 bits per heavy atom. The van der Waals surface area contributed by atoms with Crippen LogP contribution >= 0.6 is 0 Å². The largest absolute Gasteiger partial charge is 0.423 e. The molecule has 0 saturated carbocycles. The van der Waals surface area contributed by atoms with E-state index in [1.807, 2.05) is 78.9 Å². The number of fused-ring (bicyclic) bond motifs is 4. The highest BCUT2D eigenvalue weighted by Gasteiger charge is 2.28. The first-order valence-corrected chi connectivity index (χ1v) is 9.93. The molecule has 0 radical (unpaired) electrons. The maximum Gasteiger partial charge on any atom is 0.302 e. The molecular weight excluding hydrogens is 390 g/mol. The molecule has 7 nitrogen and oxygen atoms in total. The number of pyridine rings is 1. The van der Waals surface area contributed by atoms with E-state index in [0.717, 1.165) is 27.7 Å². The molecule has 7 heteroatoms. The van der Waals surface area contributed by atoms with Crippen LogP contribution in [0.2, 0.25) is 0 Å². The van der Waals surface area contributed by atoms with E-state index < -0.39 is 6.04 Å². The van der Waals surface area contributed by atoms with Gasteiger partial charge in [-0.1, -0.05) is 60.7 Å². The van der Waals surface area contributed by atoms with E-state index in [0.29, 0.717) is 23.1 Å². The first-order valence-electron chi connectivity index (χ1n) is 9.93. The van der Waals surface area contributed by atoms with Crippen LogP contribution in [0.4, 0.5) is 11.7 Å². The van der Waals surface area contributed by atoms with Gasteiger partial charge in [0, 0.05) is 5.39 Å². The van der Waals surface area contributed by atoms with Crippen molar-refractivity contribution in [2.75, 3.05) is 10.6 Å². The molecule has 5 aromatic rings. The number of anilines is 2. The van der Waals surface area contributed by atoms with Crippen molar-refractivity contribution in [3.63, 3.8) is 0 Å². The van der Waals surface area contributed by atoms with Gasteiger partial charge in [-0.3, -0.25) is 10.1 Å². The number of guanidine groups is 1. The predicted molar refractivity (Wildman–Crippen MR) is 122 cm³/mol. The Morgan fingerprint density at radius 2 is 1.68 bits per heavy atom. The molecule has 0 bridgehead atoms. The molecule has 0 aliphatic carbocycles. The van der Waals surface area contributed by atoms with Crippen molar-refractivity contribution in [1.29, 1.82) is 0 Å². The van der Waals surface area contributed by atoms with Crippen LogP contribution in [0.25, 0.3) is 22.0 Å². The van der Waals surface area contributed by atoms with Crippen LogP contribution in [0.5, 0.6) is 0 Å². The zero-order valence-electron chi connectivity index (χ0n) is 16.3. The highest BCUT2D eigenvalue weighted by atomic mass is 16.4. The maximum atomic E-state index is 13.0. The minimum Gasteiger partial charge on any atom is -0.423 e. The fourth-order valence-corrected chi connectivity index (χ4v) is 3.97. The number of benzene rings is 3. The second kappa shape index (κ2) is 6.84. The van der Waals surface area contributed by atoms with Crippen LogP contribution < -0.4 is 16.2 Å². The molecule has 1 aliphatic heterocycles. The number of nitrogens with one attached hydrogen (secondary N) is 3. The first kappa shape index (κ1) is 17.5. The Labute approximate surface area is 176 Å². The summed E-state index contributed by atoms with van der Waals surface area (Å²) in [4.78, 5) is 25.3. The van der Waals surface area contributed by atoms with Gasteiger partial charge in [0.2, 0.25) is 5.96 Å². The fourth-order valence-electron chi connectivity index (χ4n) is 3.97. The van der Waals surface area contributed by atoms with Crippen molar-refractivity contribution in [1.82, 2.24) is 9.97 Å². The molecule has 150 valence electrons. The summed E-state index contributed by atoms with van der Waals surface area (Å²) in [5.74, 6) is 0.462. The molecule has 0 unspecified atom stereocenters. The van der Waals surface area contributed by atoms with Crippen LogP contribution in [0, 0.1) is 0 Å². The molecule has 1 aliphatic rings. The Bertz CT molecular complexity index is 1480. The van der Waals surface area contributed by atoms with E-state index >= 15 is 0 Å². The van der Waals surface area contributed by atoms with Gasteiger partial charge in [0.1, 0.15) is 11.6 Å². The Balaban J connectivity index is 1.51. The predicted octanol–water partition coefficient (Wildman–Crippen LogP) is 4.65. The van der Waals surface area contributed by atoms with Crippen molar-refractivity contribution in [3.8, 4) is 0 Å². The van der Waals surface area contributed by atoms with E-state index in [4.69, 9.17) is 9.41 Å². The van der Waals surface area contributed by atoms with Gasteiger partial charge in [0.05, 0.1) is 16.8 Å². The maximum absolute atomic E-state index is 13.0. The average Bonchev–Trinajstić information content (AvgIpc) is 3.21. The summed E-state index contributed by atoms with van der Waals surface area (Å²) in [6.45, 7) is 0. The van der Waals surface area contributed by atoms with Gasteiger partial charge < -0.3 is 14.7 Å². The average molecular weight is 407 g/mol. The van der Waals surface area contributed by atoms with Crippen molar-refractivity contribution < 1.29 is 4.42 Å². The zero-order chi connectivity index (χ0) is 20.8. The van der Waals surface area contributed by atoms with E-state index in [1.165, 1.54) is 0 Å². The normalized spacial score (nSPS) is 15.4. The van der Waals surface area contributed by atoms with E-state index in [9.17, 15) is 4.79 Å². The summed E-state index contributed by atoms with van der Waals surface area (Å²) < 4.78 is 5.80.